The lowest BCUT2D eigenvalue weighted by Crippen LogP contribution is -2.67. The first-order chi connectivity index (χ1) is 12.0. The molecule has 1 aliphatic carbocycles. The van der Waals surface area contributed by atoms with Crippen LogP contribution in [-0.4, -0.2) is 38.0 Å². The zero-order valence-corrected chi connectivity index (χ0v) is 15.2. The Morgan fingerprint density at radius 1 is 1.20 bits per heavy atom. The SMILES string of the molecule is CC1(C)[C@H](NC(=O)Nc2cc3c(cc2Cl)OCCCO3)[C@H]2CCO[C@@H]21. The van der Waals surface area contributed by atoms with Gasteiger partial charge in [0.2, 0.25) is 0 Å². The monoisotopic (exact) mass is 366 g/mol. The molecular formula is C18H23ClN2O4. The maximum absolute atomic E-state index is 12.5. The van der Waals surface area contributed by atoms with E-state index in [0.29, 0.717) is 41.3 Å². The molecule has 0 spiro atoms. The van der Waals surface area contributed by atoms with Crippen molar-refractivity contribution < 1.29 is 19.0 Å². The van der Waals surface area contributed by atoms with E-state index in [4.69, 9.17) is 25.8 Å². The van der Waals surface area contributed by atoms with Gasteiger partial charge < -0.3 is 24.8 Å². The standard InChI is InChI=1S/C18H23ClN2O4/c1-18(2)15(10-4-7-25-16(10)18)21-17(22)20-12-9-14-13(8-11(12)19)23-5-3-6-24-14/h8-10,15-16H,3-7H2,1-2H3,(H2,20,21,22)/t10-,15-,16+/m1/s1. The van der Waals surface area contributed by atoms with Gasteiger partial charge in [-0.05, 0) is 6.42 Å². The van der Waals surface area contributed by atoms with Crippen LogP contribution in [0.4, 0.5) is 10.5 Å². The topological polar surface area (TPSA) is 68.8 Å². The molecule has 1 aromatic rings. The number of urea groups is 1. The highest BCUT2D eigenvalue weighted by molar-refractivity contribution is 6.34. The fourth-order valence-corrected chi connectivity index (χ4v) is 4.40. The second kappa shape index (κ2) is 6.25. The van der Waals surface area contributed by atoms with E-state index in [1.165, 1.54) is 0 Å². The Kier molecular flexibility index (Phi) is 4.20. The Morgan fingerprint density at radius 2 is 1.92 bits per heavy atom. The lowest BCUT2D eigenvalue weighted by atomic mass is 9.57. The molecule has 3 atom stereocenters. The van der Waals surface area contributed by atoms with Gasteiger partial charge in [0.1, 0.15) is 0 Å². The number of fused-ring (bicyclic) bond motifs is 2. The third-order valence-corrected chi connectivity index (χ3v) is 5.79. The molecule has 7 heteroatoms. The predicted octanol–water partition coefficient (Wildman–Crippen LogP) is 3.44. The molecule has 6 nitrogen and oxygen atoms in total. The molecule has 2 heterocycles. The second-order valence-electron chi connectivity index (χ2n) is 7.47. The van der Waals surface area contributed by atoms with E-state index in [1.807, 2.05) is 0 Å². The normalized spacial score (nSPS) is 29.2. The van der Waals surface area contributed by atoms with E-state index in [0.717, 1.165) is 19.4 Å². The number of halogens is 1. The van der Waals surface area contributed by atoms with Crippen molar-refractivity contribution in [2.24, 2.45) is 11.3 Å². The highest BCUT2D eigenvalue weighted by atomic mass is 35.5. The van der Waals surface area contributed by atoms with Crippen molar-refractivity contribution in [1.29, 1.82) is 0 Å². The summed E-state index contributed by atoms with van der Waals surface area (Å²) in [5.74, 6) is 1.60. The first-order valence-corrected chi connectivity index (χ1v) is 9.13. The summed E-state index contributed by atoms with van der Waals surface area (Å²) in [6, 6.07) is 3.24. The van der Waals surface area contributed by atoms with Crippen LogP contribution in [0.25, 0.3) is 0 Å². The molecule has 1 aromatic carbocycles. The van der Waals surface area contributed by atoms with Crippen LogP contribution in [0.1, 0.15) is 26.7 Å². The number of nitrogens with one attached hydrogen (secondary N) is 2. The summed E-state index contributed by atoms with van der Waals surface area (Å²) in [7, 11) is 0. The summed E-state index contributed by atoms with van der Waals surface area (Å²) < 4.78 is 17.0. The second-order valence-corrected chi connectivity index (χ2v) is 7.88. The van der Waals surface area contributed by atoms with Crippen molar-refractivity contribution in [2.75, 3.05) is 25.1 Å². The molecule has 2 amide bonds. The number of amides is 2. The first kappa shape index (κ1) is 16.8. The molecule has 1 saturated heterocycles. The molecule has 3 aliphatic rings. The quantitative estimate of drug-likeness (QED) is 0.841. The summed E-state index contributed by atoms with van der Waals surface area (Å²) >= 11 is 6.29. The Bertz CT molecular complexity index is 694. The van der Waals surface area contributed by atoms with Gasteiger partial charge in [0.05, 0.1) is 30.0 Å². The Morgan fingerprint density at radius 3 is 2.68 bits per heavy atom. The fraction of sp³-hybridized carbons (Fsp3) is 0.611. The van der Waals surface area contributed by atoms with Crippen LogP contribution >= 0.6 is 11.6 Å². The van der Waals surface area contributed by atoms with Crippen molar-refractivity contribution in [3.63, 3.8) is 0 Å². The molecule has 136 valence electrons. The van der Waals surface area contributed by atoms with Gasteiger partial charge in [-0.3, -0.25) is 0 Å². The third kappa shape index (κ3) is 2.91. The van der Waals surface area contributed by atoms with Crippen LogP contribution in [0.3, 0.4) is 0 Å². The fourth-order valence-electron chi connectivity index (χ4n) is 4.20. The summed E-state index contributed by atoms with van der Waals surface area (Å²) in [5.41, 5.74) is 0.451. The van der Waals surface area contributed by atoms with Crippen molar-refractivity contribution in [3.8, 4) is 11.5 Å². The third-order valence-electron chi connectivity index (χ3n) is 5.47. The Hall–Kier alpha value is -1.66. The van der Waals surface area contributed by atoms with Gasteiger partial charge in [0, 0.05) is 42.5 Å². The summed E-state index contributed by atoms with van der Waals surface area (Å²) in [4.78, 5) is 12.5. The van der Waals surface area contributed by atoms with Crippen LogP contribution in [-0.2, 0) is 4.74 Å². The number of hydrogen-bond donors (Lipinski definition) is 2. The summed E-state index contributed by atoms with van der Waals surface area (Å²) in [6.07, 6.45) is 2.04. The molecular weight excluding hydrogens is 344 g/mol. The van der Waals surface area contributed by atoms with Gasteiger partial charge in [-0.15, -0.1) is 0 Å². The molecule has 2 fully saturated rings. The van der Waals surface area contributed by atoms with Crippen LogP contribution in [0, 0.1) is 11.3 Å². The van der Waals surface area contributed by atoms with Crippen molar-refractivity contribution in [1.82, 2.24) is 5.32 Å². The Balaban J connectivity index is 1.45. The minimum absolute atomic E-state index is 0.0625. The van der Waals surface area contributed by atoms with E-state index >= 15 is 0 Å². The molecule has 0 aromatic heterocycles. The van der Waals surface area contributed by atoms with Crippen molar-refractivity contribution >= 4 is 23.3 Å². The molecule has 0 bridgehead atoms. The molecule has 25 heavy (non-hydrogen) atoms. The zero-order chi connectivity index (χ0) is 17.6. The minimum atomic E-state index is -0.264. The smallest absolute Gasteiger partial charge is 0.319 e. The van der Waals surface area contributed by atoms with Crippen LogP contribution in [0.2, 0.25) is 5.02 Å². The summed E-state index contributed by atoms with van der Waals surface area (Å²) in [6.45, 7) is 6.21. The van der Waals surface area contributed by atoms with Crippen molar-refractivity contribution in [2.45, 2.75) is 38.8 Å². The van der Waals surface area contributed by atoms with Gasteiger partial charge in [-0.25, -0.2) is 4.79 Å². The molecule has 1 saturated carbocycles. The minimum Gasteiger partial charge on any atom is -0.490 e. The predicted molar refractivity (Wildman–Crippen MR) is 94.6 cm³/mol. The van der Waals surface area contributed by atoms with Gasteiger partial charge in [-0.1, -0.05) is 25.4 Å². The van der Waals surface area contributed by atoms with E-state index in [1.54, 1.807) is 12.1 Å². The van der Waals surface area contributed by atoms with E-state index in [2.05, 4.69) is 24.5 Å². The van der Waals surface area contributed by atoms with Gasteiger partial charge in [0.25, 0.3) is 0 Å². The van der Waals surface area contributed by atoms with E-state index in [9.17, 15) is 4.79 Å². The number of hydrogen-bond acceptors (Lipinski definition) is 4. The first-order valence-electron chi connectivity index (χ1n) is 8.75. The number of rotatable bonds is 2. The number of carbonyl (C=O) groups excluding carboxylic acids is 1. The zero-order valence-electron chi connectivity index (χ0n) is 14.4. The average Bonchev–Trinajstić information content (AvgIpc) is 2.91. The molecule has 4 rings (SSSR count). The average molecular weight is 367 g/mol. The largest absolute Gasteiger partial charge is 0.490 e. The van der Waals surface area contributed by atoms with Crippen LogP contribution in [0.5, 0.6) is 11.5 Å². The van der Waals surface area contributed by atoms with E-state index in [-0.39, 0.29) is 23.6 Å². The highest BCUT2D eigenvalue weighted by Crippen LogP contribution is 2.52. The molecule has 2 N–H and O–H groups in total. The number of carbonyl (C=O) groups is 1. The maximum atomic E-state index is 12.5. The van der Waals surface area contributed by atoms with Crippen molar-refractivity contribution in [3.05, 3.63) is 17.2 Å². The van der Waals surface area contributed by atoms with E-state index < -0.39 is 0 Å². The molecule has 0 radical (unpaired) electrons. The number of benzene rings is 1. The number of anilines is 1. The highest BCUT2D eigenvalue weighted by Gasteiger charge is 2.59. The molecule has 0 unspecified atom stereocenters. The lowest BCUT2D eigenvalue weighted by molar-refractivity contribution is -0.107. The molecule has 2 aliphatic heterocycles. The Labute approximate surface area is 152 Å². The maximum Gasteiger partial charge on any atom is 0.319 e. The van der Waals surface area contributed by atoms with Gasteiger partial charge >= 0.3 is 6.03 Å². The van der Waals surface area contributed by atoms with Gasteiger partial charge in [-0.2, -0.15) is 0 Å². The summed E-state index contributed by atoms with van der Waals surface area (Å²) in [5, 5.41) is 6.35. The van der Waals surface area contributed by atoms with Crippen LogP contribution < -0.4 is 20.1 Å². The van der Waals surface area contributed by atoms with Gasteiger partial charge in [0.15, 0.2) is 11.5 Å². The lowest BCUT2D eigenvalue weighted by Gasteiger charge is -2.54. The number of ether oxygens (including phenoxy) is 3. The van der Waals surface area contributed by atoms with Crippen LogP contribution in [0.15, 0.2) is 12.1 Å².